The van der Waals surface area contributed by atoms with Crippen molar-refractivity contribution < 1.29 is 28.5 Å². The van der Waals surface area contributed by atoms with Crippen LogP contribution in [0.3, 0.4) is 0 Å². The van der Waals surface area contributed by atoms with Gasteiger partial charge < -0.3 is 24.3 Å². The van der Waals surface area contributed by atoms with Crippen molar-refractivity contribution in [1.82, 2.24) is 10.3 Å². The molecule has 1 N–H and O–H groups in total. The van der Waals surface area contributed by atoms with Crippen molar-refractivity contribution in [1.29, 1.82) is 0 Å². The lowest BCUT2D eigenvalue weighted by atomic mass is 10.1. The standard InChI is InChI=1S/C24H22N2O6/c27-22(25-12-10-17-8-9-20-21(15-17)30-14-13-29-20)16-31-24(28)19-7-4-11-26-23(19)32-18-5-2-1-3-6-18/h1-9,11,15H,10,12-14,16H2,(H,25,27). The van der Waals surface area contributed by atoms with Gasteiger partial charge in [-0.05, 0) is 48.4 Å². The Morgan fingerprint density at radius 3 is 2.62 bits per heavy atom. The van der Waals surface area contributed by atoms with Crippen LogP contribution in [0.15, 0.2) is 66.9 Å². The van der Waals surface area contributed by atoms with Crippen molar-refractivity contribution in [3.8, 4) is 23.1 Å². The van der Waals surface area contributed by atoms with E-state index in [2.05, 4.69) is 10.3 Å². The minimum Gasteiger partial charge on any atom is -0.486 e. The molecule has 0 fully saturated rings. The van der Waals surface area contributed by atoms with Gasteiger partial charge >= 0.3 is 5.97 Å². The molecule has 3 aromatic rings. The number of hydrogen-bond donors (Lipinski definition) is 1. The number of amides is 1. The first-order valence-electron chi connectivity index (χ1n) is 10.2. The van der Waals surface area contributed by atoms with Crippen molar-refractivity contribution in [3.63, 3.8) is 0 Å². The minimum absolute atomic E-state index is 0.114. The van der Waals surface area contributed by atoms with Crippen LogP contribution in [0, 0.1) is 0 Å². The van der Waals surface area contributed by atoms with E-state index >= 15 is 0 Å². The Hall–Kier alpha value is -4.07. The molecule has 0 saturated heterocycles. The molecule has 8 heteroatoms. The molecule has 1 amide bonds. The summed E-state index contributed by atoms with van der Waals surface area (Å²) in [7, 11) is 0. The van der Waals surface area contributed by atoms with E-state index in [9.17, 15) is 9.59 Å². The van der Waals surface area contributed by atoms with Crippen LogP contribution >= 0.6 is 0 Å². The number of nitrogens with one attached hydrogen (secondary N) is 1. The van der Waals surface area contributed by atoms with Crippen LogP contribution in [0.25, 0.3) is 0 Å². The van der Waals surface area contributed by atoms with Crippen molar-refractivity contribution >= 4 is 11.9 Å². The number of carbonyl (C=O) groups is 2. The molecule has 0 aliphatic carbocycles. The van der Waals surface area contributed by atoms with E-state index in [-0.39, 0.29) is 11.4 Å². The average molecular weight is 434 g/mol. The van der Waals surface area contributed by atoms with E-state index in [0.29, 0.717) is 37.7 Å². The van der Waals surface area contributed by atoms with Gasteiger partial charge in [0.1, 0.15) is 24.5 Å². The summed E-state index contributed by atoms with van der Waals surface area (Å²) in [6.07, 6.45) is 2.12. The molecule has 2 aromatic carbocycles. The lowest BCUT2D eigenvalue weighted by Gasteiger charge is -2.18. The maximum atomic E-state index is 12.4. The zero-order chi connectivity index (χ0) is 22.2. The van der Waals surface area contributed by atoms with Crippen LogP contribution < -0.4 is 19.5 Å². The highest BCUT2D eigenvalue weighted by Gasteiger charge is 2.17. The Bertz CT molecular complexity index is 1090. The minimum atomic E-state index is -0.689. The second-order valence-electron chi connectivity index (χ2n) is 6.93. The number of fused-ring (bicyclic) bond motifs is 1. The van der Waals surface area contributed by atoms with Gasteiger partial charge in [-0.15, -0.1) is 0 Å². The number of aromatic nitrogens is 1. The van der Waals surface area contributed by atoms with E-state index < -0.39 is 18.5 Å². The second-order valence-corrected chi connectivity index (χ2v) is 6.93. The molecule has 1 aliphatic heterocycles. The van der Waals surface area contributed by atoms with Gasteiger partial charge in [0.2, 0.25) is 5.88 Å². The zero-order valence-electron chi connectivity index (χ0n) is 17.3. The summed E-state index contributed by atoms with van der Waals surface area (Å²) in [5.41, 5.74) is 1.14. The Kier molecular flexibility index (Phi) is 6.81. The number of nitrogens with zero attached hydrogens (tertiary/aromatic N) is 1. The number of hydrogen-bond acceptors (Lipinski definition) is 7. The summed E-state index contributed by atoms with van der Waals surface area (Å²) < 4.78 is 21.9. The molecule has 0 spiro atoms. The summed E-state index contributed by atoms with van der Waals surface area (Å²) in [6, 6.07) is 17.8. The molecular weight excluding hydrogens is 412 g/mol. The predicted octanol–water partition coefficient (Wildman–Crippen LogP) is 3.16. The number of ether oxygens (including phenoxy) is 4. The fraction of sp³-hybridized carbons (Fsp3) is 0.208. The molecule has 0 radical (unpaired) electrons. The highest BCUT2D eigenvalue weighted by Crippen LogP contribution is 2.30. The van der Waals surface area contributed by atoms with Gasteiger partial charge in [0.25, 0.3) is 5.91 Å². The number of benzene rings is 2. The fourth-order valence-corrected chi connectivity index (χ4v) is 3.08. The topological polar surface area (TPSA) is 96.0 Å². The monoisotopic (exact) mass is 434 g/mol. The van der Waals surface area contributed by atoms with Gasteiger partial charge in [0, 0.05) is 12.7 Å². The molecule has 2 heterocycles. The van der Waals surface area contributed by atoms with Gasteiger partial charge in [0.05, 0.1) is 0 Å². The van der Waals surface area contributed by atoms with Crippen molar-refractivity contribution in [2.75, 3.05) is 26.4 Å². The lowest BCUT2D eigenvalue weighted by molar-refractivity contribution is -0.124. The number of para-hydroxylation sites is 1. The van der Waals surface area contributed by atoms with Crippen LogP contribution in [0.5, 0.6) is 23.1 Å². The largest absolute Gasteiger partial charge is 0.486 e. The lowest BCUT2D eigenvalue weighted by Crippen LogP contribution is -2.30. The third-order valence-corrected chi connectivity index (χ3v) is 4.63. The SMILES string of the molecule is O=C(COC(=O)c1cccnc1Oc1ccccc1)NCCc1ccc2c(c1)OCCO2. The Labute approximate surface area is 185 Å². The van der Waals surface area contributed by atoms with Crippen LogP contribution in [-0.4, -0.2) is 43.2 Å². The Morgan fingerprint density at radius 1 is 0.969 bits per heavy atom. The van der Waals surface area contributed by atoms with E-state index in [0.717, 1.165) is 11.3 Å². The van der Waals surface area contributed by atoms with Gasteiger partial charge in [-0.3, -0.25) is 4.79 Å². The molecule has 0 atom stereocenters. The van der Waals surface area contributed by atoms with E-state index in [1.165, 1.54) is 12.3 Å². The molecular formula is C24H22N2O6. The van der Waals surface area contributed by atoms with Crippen LogP contribution in [-0.2, 0) is 16.0 Å². The summed E-state index contributed by atoms with van der Waals surface area (Å²) in [5.74, 6) is 0.997. The Morgan fingerprint density at radius 2 is 1.78 bits per heavy atom. The number of rotatable bonds is 8. The highest BCUT2D eigenvalue weighted by atomic mass is 16.6. The second kappa shape index (κ2) is 10.3. The van der Waals surface area contributed by atoms with Crippen LogP contribution in [0.2, 0.25) is 0 Å². The van der Waals surface area contributed by atoms with Crippen molar-refractivity contribution in [2.45, 2.75) is 6.42 Å². The van der Waals surface area contributed by atoms with Crippen molar-refractivity contribution in [3.05, 3.63) is 78.0 Å². The highest BCUT2D eigenvalue weighted by molar-refractivity contribution is 5.93. The smallest absolute Gasteiger partial charge is 0.344 e. The van der Waals surface area contributed by atoms with E-state index in [1.807, 2.05) is 36.4 Å². The summed E-state index contributed by atoms with van der Waals surface area (Å²) in [4.78, 5) is 28.6. The van der Waals surface area contributed by atoms with Crippen LogP contribution in [0.1, 0.15) is 15.9 Å². The molecule has 8 nitrogen and oxygen atoms in total. The number of carbonyl (C=O) groups excluding carboxylic acids is 2. The Balaban J connectivity index is 1.25. The fourth-order valence-electron chi connectivity index (χ4n) is 3.08. The first-order valence-corrected chi connectivity index (χ1v) is 10.2. The van der Waals surface area contributed by atoms with Gasteiger partial charge in [0.15, 0.2) is 18.1 Å². The van der Waals surface area contributed by atoms with E-state index in [4.69, 9.17) is 18.9 Å². The molecule has 32 heavy (non-hydrogen) atoms. The van der Waals surface area contributed by atoms with Crippen LogP contribution in [0.4, 0.5) is 0 Å². The molecule has 164 valence electrons. The summed E-state index contributed by atoms with van der Waals surface area (Å²) in [5, 5.41) is 2.74. The summed E-state index contributed by atoms with van der Waals surface area (Å²) >= 11 is 0. The van der Waals surface area contributed by atoms with Gasteiger partial charge in [-0.25, -0.2) is 9.78 Å². The number of pyridine rings is 1. The molecule has 0 unspecified atom stereocenters. The molecule has 1 aromatic heterocycles. The zero-order valence-corrected chi connectivity index (χ0v) is 17.3. The number of esters is 1. The average Bonchev–Trinajstić information content (AvgIpc) is 2.83. The predicted molar refractivity (Wildman–Crippen MR) is 115 cm³/mol. The first-order chi connectivity index (χ1) is 15.7. The molecule has 1 aliphatic rings. The quantitative estimate of drug-likeness (QED) is 0.544. The van der Waals surface area contributed by atoms with Crippen molar-refractivity contribution in [2.24, 2.45) is 0 Å². The van der Waals surface area contributed by atoms with Gasteiger partial charge in [-0.1, -0.05) is 24.3 Å². The first kappa shape index (κ1) is 21.2. The maximum absolute atomic E-state index is 12.4. The normalized spacial score (nSPS) is 12.0. The molecule has 0 saturated carbocycles. The molecule has 4 rings (SSSR count). The van der Waals surface area contributed by atoms with E-state index in [1.54, 1.807) is 18.2 Å². The maximum Gasteiger partial charge on any atom is 0.344 e. The third kappa shape index (κ3) is 5.54. The summed E-state index contributed by atoms with van der Waals surface area (Å²) in [6.45, 7) is 1.05. The third-order valence-electron chi connectivity index (χ3n) is 4.63. The van der Waals surface area contributed by atoms with Gasteiger partial charge in [-0.2, -0.15) is 0 Å². The molecule has 0 bridgehead atoms.